The number of sulfonamides is 1. The van der Waals surface area contributed by atoms with Crippen LogP contribution in [0.4, 0.5) is 11.6 Å². The summed E-state index contributed by atoms with van der Waals surface area (Å²) in [7, 11) is -3.74. The highest BCUT2D eigenvalue weighted by molar-refractivity contribution is 7.92. The minimum atomic E-state index is -3.74. The summed E-state index contributed by atoms with van der Waals surface area (Å²) < 4.78 is 26.8. The van der Waals surface area contributed by atoms with E-state index in [0.29, 0.717) is 12.2 Å². The number of rotatable bonds is 5. The molecule has 0 amide bonds. The van der Waals surface area contributed by atoms with E-state index in [-0.39, 0.29) is 10.8 Å². The van der Waals surface area contributed by atoms with Crippen LogP contribution in [0.3, 0.4) is 0 Å². The maximum atomic E-state index is 12.2. The number of anilines is 2. The van der Waals surface area contributed by atoms with Crippen LogP contribution in [-0.2, 0) is 10.0 Å². The van der Waals surface area contributed by atoms with Gasteiger partial charge in [-0.15, -0.1) is 5.10 Å². The Bertz CT molecular complexity index is 645. The average Bonchev–Trinajstić information content (AvgIpc) is 2.40. The molecule has 2 rings (SSSR count). The van der Waals surface area contributed by atoms with Crippen LogP contribution < -0.4 is 10.0 Å². The Morgan fingerprint density at radius 3 is 2.68 bits per heavy atom. The Morgan fingerprint density at radius 1 is 1.21 bits per heavy atom. The Kier molecular flexibility index (Phi) is 3.91. The first-order chi connectivity index (χ1) is 9.13. The third kappa shape index (κ3) is 3.16. The Balaban J connectivity index is 2.35. The van der Waals surface area contributed by atoms with Gasteiger partial charge in [-0.1, -0.05) is 12.1 Å². The van der Waals surface area contributed by atoms with Crippen molar-refractivity contribution in [1.82, 2.24) is 15.2 Å². The van der Waals surface area contributed by atoms with Crippen molar-refractivity contribution in [1.29, 1.82) is 0 Å². The van der Waals surface area contributed by atoms with Crippen molar-refractivity contribution in [2.75, 3.05) is 16.6 Å². The third-order valence-electron chi connectivity index (χ3n) is 2.25. The number of para-hydroxylation sites is 1. The van der Waals surface area contributed by atoms with Gasteiger partial charge in [-0.2, -0.15) is 5.10 Å². The zero-order valence-electron chi connectivity index (χ0n) is 10.2. The van der Waals surface area contributed by atoms with Gasteiger partial charge in [0.25, 0.3) is 16.0 Å². The molecule has 0 atom stereocenters. The van der Waals surface area contributed by atoms with Crippen molar-refractivity contribution in [2.45, 2.75) is 11.8 Å². The molecular formula is C11H13N5O2S. The van der Waals surface area contributed by atoms with Crippen LogP contribution in [0.15, 0.2) is 41.6 Å². The predicted octanol–water partition coefficient (Wildman–Crippen LogP) is 1.10. The van der Waals surface area contributed by atoms with Crippen molar-refractivity contribution in [3.8, 4) is 0 Å². The summed E-state index contributed by atoms with van der Waals surface area (Å²) in [6.07, 6.45) is 2.73. The van der Waals surface area contributed by atoms with Crippen molar-refractivity contribution < 1.29 is 8.42 Å². The molecule has 0 aliphatic rings. The van der Waals surface area contributed by atoms with Gasteiger partial charge in [-0.25, -0.2) is 18.1 Å². The van der Waals surface area contributed by atoms with Crippen LogP contribution in [0.1, 0.15) is 6.92 Å². The summed E-state index contributed by atoms with van der Waals surface area (Å²) in [6, 6.07) is 6.62. The van der Waals surface area contributed by atoms with Gasteiger partial charge in [0.2, 0.25) is 0 Å². The summed E-state index contributed by atoms with van der Waals surface area (Å²) in [6.45, 7) is 2.51. The number of hydrogen-bond donors (Lipinski definition) is 2. The average molecular weight is 279 g/mol. The molecule has 7 nitrogen and oxygen atoms in total. The van der Waals surface area contributed by atoms with Crippen LogP contribution in [0.25, 0.3) is 0 Å². The molecule has 0 bridgehead atoms. The van der Waals surface area contributed by atoms with Gasteiger partial charge in [0, 0.05) is 6.54 Å². The highest BCUT2D eigenvalue weighted by Gasteiger charge is 2.19. The monoisotopic (exact) mass is 279 g/mol. The smallest absolute Gasteiger partial charge is 0.266 e. The SMILES string of the molecule is CCNc1ccccc1S(=O)(=O)Nc1nccnn1. The third-order valence-corrected chi connectivity index (χ3v) is 3.64. The highest BCUT2D eigenvalue weighted by atomic mass is 32.2. The zero-order chi connectivity index (χ0) is 13.7. The first-order valence-electron chi connectivity index (χ1n) is 5.63. The number of aromatic nitrogens is 3. The normalized spacial score (nSPS) is 11.0. The second kappa shape index (κ2) is 5.61. The number of benzene rings is 1. The van der Waals surface area contributed by atoms with Gasteiger partial charge in [0.1, 0.15) is 4.90 Å². The summed E-state index contributed by atoms with van der Waals surface area (Å²) >= 11 is 0. The maximum Gasteiger partial charge on any atom is 0.266 e. The summed E-state index contributed by atoms with van der Waals surface area (Å²) in [5.74, 6) is -0.0613. The molecule has 0 unspecified atom stereocenters. The van der Waals surface area contributed by atoms with Crippen LogP contribution in [0, 0.1) is 0 Å². The molecule has 100 valence electrons. The molecular weight excluding hydrogens is 266 g/mol. The zero-order valence-corrected chi connectivity index (χ0v) is 11.1. The standard InChI is InChI=1S/C11H13N5O2S/c1-2-12-9-5-3-4-6-10(9)19(17,18)16-11-13-7-8-14-15-11/h3-8,12H,2H2,1H3,(H,13,15,16). The molecule has 0 saturated heterocycles. The lowest BCUT2D eigenvalue weighted by molar-refractivity contribution is 0.601. The van der Waals surface area contributed by atoms with E-state index < -0.39 is 10.0 Å². The minimum absolute atomic E-state index is 0.0613. The van der Waals surface area contributed by atoms with E-state index in [2.05, 4.69) is 25.2 Å². The van der Waals surface area contributed by atoms with Crippen molar-refractivity contribution >= 4 is 21.7 Å². The van der Waals surface area contributed by atoms with E-state index in [0.717, 1.165) is 0 Å². The first kappa shape index (κ1) is 13.2. The molecule has 8 heteroatoms. The van der Waals surface area contributed by atoms with E-state index in [9.17, 15) is 8.42 Å². The maximum absolute atomic E-state index is 12.2. The summed E-state index contributed by atoms with van der Waals surface area (Å²) in [5, 5.41) is 10.2. The van der Waals surface area contributed by atoms with Gasteiger partial charge in [-0.05, 0) is 19.1 Å². The van der Waals surface area contributed by atoms with Gasteiger partial charge < -0.3 is 5.32 Å². The Morgan fingerprint density at radius 2 is 2.00 bits per heavy atom. The lowest BCUT2D eigenvalue weighted by Crippen LogP contribution is -2.17. The van der Waals surface area contributed by atoms with E-state index in [1.807, 2.05) is 6.92 Å². The summed E-state index contributed by atoms with van der Waals surface area (Å²) in [4.78, 5) is 3.92. The van der Waals surface area contributed by atoms with Crippen LogP contribution in [0.2, 0.25) is 0 Å². The molecule has 19 heavy (non-hydrogen) atoms. The molecule has 1 heterocycles. The summed E-state index contributed by atoms with van der Waals surface area (Å²) in [5.41, 5.74) is 0.529. The number of hydrogen-bond acceptors (Lipinski definition) is 6. The lowest BCUT2D eigenvalue weighted by atomic mass is 10.3. The predicted molar refractivity (Wildman–Crippen MR) is 71.2 cm³/mol. The Labute approximate surface area is 111 Å². The molecule has 0 aliphatic carbocycles. The van der Waals surface area contributed by atoms with E-state index in [1.54, 1.807) is 18.2 Å². The van der Waals surface area contributed by atoms with E-state index in [1.165, 1.54) is 18.5 Å². The topological polar surface area (TPSA) is 96.9 Å². The second-order valence-electron chi connectivity index (χ2n) is 3.60. The second-order valence-corrected chi connectivity index (χ2v) is 5.25. The lowest BCUT2D eigenvalue weighted by Gasteiger charge is -2.11. The molecule has 0 saturated carbocycles. The molecule has 1 aromatic heterocycles. The number of nitrogens with zero attached hydrogens (tertiary/aromatic N) is 3. The fourth-order valence-corrected chi connectivity index (χ4v) is 2.64. The van der Waals surface area contributed by atoms with E-state index >= 15 is 0 Å². The molecule has 1 aromatic carbocycles. The van der Waals surface area contributed by atoms with Crippen LogP contribution >= 0.6 is 0 Å². The first-order valence-corrected chi connectivity index (χ1v) is 7.11. The van der Waals surface area contributed by atoms with Crippen LogP contribution in [0.5, 0.6) is 0 Å². The molecule has 0 radical (unpaired) electrons. The molecule has 0 spiro atoms. The van der Waals surface area contributed by atoms with Gasteiger partial charge in [0.05, 0.1) is 18.1 Å². The fraction of sp³-hybridized carbons (Fsp3) is 0.182. The van der Waals surface area contributed by atoms with Crippen molar-refractivity contribution in [3.63, 3.8) is 0 Å². The molecule has 2 N–H and O–H groups in total. The quantitative estimate of drug-likeness (QED) is 0.850. The van der Waals surface area contributed by atoms with Gasteiger partial charge in [-0.3, -0.25) is 0 Å². The van der Waals surface area contributed by atoms with E-state index in [4.69, 9.17) is 0 Å². The highest BCUT2D eigenvalue weighted by Crippen LogP contribution is 2.22. The van der Waals surface area contributed by atoms with Gasteiger partial charge in [0.15, 0.2) is 0 Å². The molecule has 2 aromatic rings. The fourth-order valence-electron chi connectivity index (χ4n) is 1.51. The molecule has 0 fully saturated rings. The minimum Gasteiger partial charge on any atom is -0.384 e. The number of nitrogens with one attached hydrogen (secondary N) is 2. The van der Waals surface area contributed by atoms with Gasteiger partial charge >= 0.3 is 0 Å². The Hall–Kier alpha value is -2.22. The molecule has 0 aliphatic heterocycles. The van der Waals surface area contributed by atoms with Crippen molar-refractivity contribution in [2.24, 2.45) is 0 Å². The van der Waals surface area contributed by atoms with Crippen molar-refractivity contribution in [3.05, 3.63) is 36.7 Å². The largest absolute Gasteiger partial charge is 0.384 e. The van der Waals surface area contributed by atoms with Crippen LogP contribution in [-0.4, -0.2) is 30.1 Å².